The highest BCUT2D eigenvalue weighted by Gasteiger charge is 2.20. The summed E-state index contributed by atoms with van der Waals surface area (Å²) in [5.74, 6) is 0. The van der Waals surface area contributed by atoms with E-state index in [0.29, 0.717) is 0 Å². The molecule has 0 N–H and O–H groups in total. The van der Waals surface area contributed by atoms with Crippen LogP contribution in [-0.2, 0) is 0 Å². The summed E-state index contributed by atoms with van der Waals surface area (Å²) in [5.41, 5.74) is 13.7. The molecule has 272 valence electrons. The van der Waals surface area contributed by atoms with E-state index >= 15 is 0 Å². The van der Waals surface area contributed by atoms with Crippen molar-refractivity contribution in [2.45, 2.75) is 20.8 Å². The third-order valence-electron chi connectivity index (χ3n) is 11.5. The molecule has 0 aliphatic rings. The van der Waals surface area contributed by atoms with Gasteiger partial charge in [0, 0.05) is 61.7 Å². The van der Waals surface area contributed by atoms with E-state index in [2.05, 4.69) is 206 Å². The summed E-state index contributed by atoms with van der Waals surface area (Å²) >= 11 is 0. The van der Waals surface area contributed by atoms with E-state index in [1.165, 1.54) is 21.9 Å². The van der Waals surface area contributed by atoms with E-state index in [-0.39, 0.29) is 0 Å². The van der Waals surface area contributed by atoms with Crippen LogP contribution in [0.3, 0.4) is 0 Å². The highest BCUT2D eigenvalue weighted by Crippen LogP contribution is 2.44. The first kappa shape index (κ1) is 33.1. The Labute approximate surface area is 330 Å². The molecule has 57 heavy (non-hydrogen) atoms. The Morgan fingerprint density at radius 1 is 0.316 bits per heavy atom. The van der Waals surface area contributed by atoms with Crippen molar-refractivity contribution in [3.63, 3.8) is 0 Å². The van der Waals surface area contributed by atoms with Gasteiger partial charge in [-0.15, -0.1) is 0 Å². The van der Waals surface area contributed by atoms with Gasteiger partial charge in [-0.2, -0.15) is 0 Å². The predicted octanol–water partition coefficient (Wildman–Crippen LogP) is 15.7. The second kappa shape index (κ2) is 12.9. The van der Waals surface area contributed by atoms with Crippen molar-refractivity contribution in [3.05, 3.63) is 193 Å². The molecule has 11 aromatic rings. The Morgan fingerprint density at radius 3 is 1.12 bits per heavy atom. The van der Waals surface area contributed by atoms with Gasteiger partial charge in [0.15, 0.2) is 0 Å². The van der Waals surface area contributed by atoms with Gasteiger partial charge in [0.1, 0.15) is 22.3 Å². The summed E-state index contributed by atoms with van der Waals surface area (Å²) in [5, 5.41) is 9.06. The second-order valence-electron chi connectivity index (χ2n) is 15.2. The molecule has 0 amide bonds. The monoisotopic (exact) mass is 734 g/mol. The van der Waals surface area contributed by atoms with Crippen LogP contribution in [0.15, 0.2) is 185 Å². The highest BCUT2D eigenvalue weighted by atomic mass is 16.3. The third kappa shape index (κ3) is 5.52. The Kier molecular flexibility index (Phi) is 7.48. The maximum absolute atomic E-state index is 6.66. The number of aryl methyl sites for hydroxylation is 3. The maximum atomic E-state index is 6.66. The minimum Gasteiger partial charge on any atom is -0.456 e. The molecule has 4 nitrogen and oxygen atoms in total. The number of benzene rings is 9. The van der Waals surface area contributed by atoms with Crippen LogP contribution < -0.4 is 9.80 Å². The van der Waals surface area contributed by atoms with Crippen molar-refractivity contribution < 1.29 is 8.83 Å². The van der Waals surface area contributed by atoms with Crippen LogP contribution in [0.2, 0.25) is 0 Å². The van der Waals surface area contributed by atoms with Crippen molar-refractivity contribution in [3.8, 4) is 0 Å². The normalized spacial score (nSPS) is 11.8. The zero-order valence-corrected chi connectivity index (χ0v) is 32.0. The fourth-order valence-corrected chi connectivity index (χ4v) is 8.63. The SMILES string of the molecule is Cc1ccc(N(c2ccccc2)c2ccc3cc4c(cc3c2)oc2cc3oc5cc6cc(N(c7ccccc7)c7ccc(C)cc7)ccc6cc5c3c(C)c24)cc1. The van der Waals surface area contributed by atoms with Crippen LogP contribution in [0.1, 0.15) is 16.7 Å². The molecule has 0 spiro atoms. The molecule has 0 atom stereocenters. The molecule has 2 heterocycles. The van der Waals surface area contributed by atoms with Crippen LogP contribution in [0.25, 0.3) is 65.4 Å². The number of hydrogen-bond acceptors (Lipinski definition) is 4. The second-order valence-corrected chi connectivity index (χ2v) is 15.2. The van der Waals surface area contributed by atoms with Crippen molar-refractivity contribution >= 4 is 99.5 Å². The molecule has 0 saturated carbocycles. The number of hydrogen-bond donors (Lipinski definition) is 0. The zero-order valence-electron chi connectivity index (χ0n) is 32.0. The number of para-hydroxylation sites is 2. The highest BCUT2D eigenvalue weighted by molar-refractivity contribution is 6.21. The first-order chi connectivity index (χ1) is 27.9. The van der Waals surface area contributed by atoms with Crippen molar-refractivity contribution in [1.82, 2.24) is 0 Å². The van der Waals surface area contributed by atoms with Gasteiger partial charge in [-0.05, 0) is 145 Å². The lowest BCUT2D eigenvalue weighted by Crippen LogP contribution is -2.09. The topological polar surface area (TPSA) is 32.8 Å². The average Bonchev–Trinajstić information content (AvgIpc) is 3.78. The van der Waals surface area contributed by atoms with E-state index in [1.54, 1.807) is 0 Å². The fourth-order valence-electron chi connectivity index (χ4n) is 8.63. The number of nitrogens with zero attached hydrogens (tertiary/aromatic N) is 2. The van der Waals surface area contributed by atoms with Crippen LogP contribution in [0.4, 0.5) is 34.1 Å². The summed E-state index contributed by atoms with van der Waals surface area (Å²) in [6, 6.07) is 62.9. The molecular formula is C53H38N2O2. The van der Waals surface area contributed by atoms with Crippen molar-refractivity contribution in [1.29, 1.82) is 0 Å². The molecule has 0 unspecified atom stereocenters. The standard InChI is InChI=1S/C53H38N2O2/c1-33-14-20-42(21-15-33)54(40-10-6-4-7-11-40)44-24-18-36-28-46-48(30-38(36)26-44)56-50-32-51-53(35(3)52(46)50)47-29-37-19-25-45(27-39(37)31-49(47)57-51)55(41-12-8-5-9-13-41)43-22-16-34(2)17-23-43/h4-32H,1-3H3. The first-order valence-electron chi connectivity index (χ1n) is 19.5. The Morgan fingerprint density at radius 2 is 0.702 bits per heavy atom. The fraction of sp³-hybridized carbons (Fsp3) is 0.0566. The summed E-state index contributed by atoms with van der Waals surface area (Å²) < 4.78 is 13.3. The summed E-state index contributed by atoms with van der Waals surface area (Å²) in [6.45, 7) is 6.45. The molecular weight excluding hydrogens is 697 g/mol. The van der Waals surface area contributed by atoms with E-state index in [0.717, 1.165) is 94.3 Å². The third-order valence-corrected chi connectivity index (χ3v) is 11.5. The molecule has 4 heteroatoms. The Bertz CT molecular complexity index is 3090. The molecule has 11 rings (SSSR count). The van der Waals surface area contributed by atoms with Crippen molar-refractivity contribution in [2.75, 3.05) is 9.80 Å². The maximum Gasteiger partial charge on any atom is 0.139 e. The lowest BCUT2D eigenvalue weighted by molar-refractivity contribution is 0.656. The van der Waals surface area contributed by atoms with Gasteiger partial charge >= 0.3 is 0 Å². The van der Waals surface area contributed by atoms with Gasteiger partial charge in [-0.1, -0.05) is 83.9 Å². The lowest BCUT2D eigenvalue weighted by atomic mass is 9.98. The van der Waals surface area contributed by atoms with Gasteiger partial charge in [0.2, 0.25) is 0 Å². The Balaban J connectivity index is 1.02. The van der Waals surface area contributed by atoms with Gasteiger partial charge in [-0.25, -0.2) is 0 Å². The molecule has 0 bridgehead atoms. The van der Waals surface area contributed by atoms with Crippen LogP contribution >= 0.6 is 0 Å². The van der Waals surface area contributed by atoms with E-state index in [1.807, 2.05) is 0 Å². The van der Waals surface area contributed by atoms with Crippen LogP contribution in [-0.4, -0.2) is 0 Å². The van der Waals surface area contributed by atoms with E-state index in [9.17, 15) is 0 Å². The number of anilines is 6. The number of fused-ring (bicyclic) bond motifs is 8. The summed E-state index contributed by atoms with van der Waals surface area (Å²) in [7, 11) is 0. The molecule has 0 aliphatic carbocycles. The molecule has 2 aromatic heterocycles. The summed E-state index contributed by atoms with van der Waals surface area (Å²) in [4.78, 5) is 4.61. The minimum absolute atomic E-state index is 0.832. The summed E-state index contributed by atoms with van der Waals surface area (Å²) in [6.07, 6.45) is 0. The number of rotatable bonds is 6. The first-order valence-corrected chi connectivity index (χ1v) is 19.5. The molecule has 0 fully saturated rings. The van der Waals surface area contributed by atoms with Crippen LogP contribution in [0.5, 0.6) is 0 Å². The van der Waals surface area contributed by atoms with Gasteiger partial charge in [-0.3, -0.25) is 0 Å². The molecule has 9 aromatic carbocycles. The van der Waals surface area contributed by atoms with E-state index in [4.69, 9.17) is 8.83 Å². The number of furan rings is 2. The minimum atomic E-state index is 0.832. The van der Waals surface area contributed by atoms with Crippen molar-refractivity contribution in [2.24, 2.45) is 0 Å². The smallest absolute Gasteiger partial charge is 0.139 e. The van der Waals surface area contributed by atoms with Gasteiger partial charge in [0.05, 0.1) is 0 Å². The molecule has 0 aliphatic heterocycles. The molecule has 0 radical (unpaired) electrons. The quantitative estimate of drug-likeness (QED) is 0.170. The Hall–Kier alpha value is -7.30. The lowest BCUT2D eigenvalue weighted by Gasteiger charge is -2.26. The van der Waals surface area contributed by atoms with E-state index < -0.39 is 0 Å². The van der Waals surface area contributed by atoms with Crippen LogP contribution in [0, 0.1) is 20.8 Å². The van der Waals surface area contributed by atoms with Gasteiger partial charge in [0.25, 0.3) is 0 Å². The average molecular weight is 735 g/mol. The largest absolute Gasteiger partial charge is 0.456 e. The van der Waals surface area contributed by atoms with Gasteiger partial charge < -0.3 is 18.6 Å². The predicted molar refractivity (Wildman–Crippen MR) is 240 cm³/mol. The molecule has 0 saturated heterocycles. The zero-order chi connectivity index (χ0) is 38.2.